The van der Waals surface area contributed by atoms with Gasteiger partial charge in [0, 0.05) is 23.5 Å². The molecule has 1 aromatic carbocycles. The van der Waals surface area contributed by atoms with Gasteiger partial charge in [0.05, 0.1) is 30.8 Å². The van der Waals surface area contributed by atoms with Crippen LogP contribution in [0.1, 0.15) is 44.0 Å². The highest BCUT2D eigenvalue weighted by Gasteiger charge is 2.28. The lowest BCUT2D eigenvalue weighted by Gasteiger charge is -2.26. The Balaban J connectivity index is 1.55. The summed E-state index contributed by atoms with van der Waals surface area (Å²) in [5, 5.41) is 3.30. The lowest BCUT2D eigenvalue weighted by Crippen LogP contribution is -2.40. The van der Waals surface area contributed by atoms with Crippen LogP contribution in [0.4, 0.5) is 5.00 Å². The molecule has 0 radical (unpaired) electrons. The summed E-state index contributed by atoms with van der Waals surface area (Å²) in [4.78, 5) is 26.4. The van der Waals surface area contributed by atoms with Crippen molar-refractivity contribution in [2.45, 2.75) is 30.6 Å². The molecule has 1 N–H and O–H groups in total. The first-order valence-corrected chi connectivity index (χ1v) is 12.4. The molecule has 0 unspecified atom stereocenters. The number of esters is 1. The first-order chi connectivity index (χ1) is 14.9. The number of nitrogens with one attached hydrogen (secondary N) is 1. The number of hydrogen-bond acceptors (Lipinski definition) is 7. The number of sulfonamides is 1. The number of nitrogens with zero attached hydrogens (tertiary/aromatic N) is 1. The second kappa shape index (κ2) is 9.07. The quantitative estimate of drug-likeness (QED) is 0.683. The minimum Gasteiger partial charge on any atom is -0.465 e. The Morgan fingerprint density at radius 3 is 2.45 bits per heavy atom. The minimum absolute atomic E-state index is 0.132. The zero-order chi connectivity index (χ0) is 22.0. The summed E-state index contributed by atoms with van der Waals surface area (Å²) in [5.74, 6) is -0.860. The standard InChI is InChI=1S/C21H24N2O6S2/c1-28-21(25)18-16-4-2-3-5-17(16)30-20(18)22-19(24)14-6-8-15(9-7-14)31(26,27)23-10-12-29-13-11-23/h6-9H,2-5,10-13H2,1H3,(H,22,24). The molecule has 4 rings (SSSR count). The van der Waals surface area contributed by atoms with E-state index in [9.17, 15) is 18.0 Å². The van der Waals surface area contributed by atoms with Crippen LogP contribution in [0.25, 0.3) is 0 Å². The van der Waals surface area contributed by atoms with E-state index in [1.165, 1.54) is 47.0 Å². The summed E-state index contributed by atoms with van der Waals surface area (Å²) in [5.41, 5.74) is 1.70. The average molecular weight is 465 g/mol. The maximum Gasteiger partial charge on any atom is 0.341 e. The Bertz CT molecular complexity index is 1090. The van der Waals surface area contributed by atoms with Crippen molar-refractivity contribution in [1.82, 2.24) is 4.31 Å². The maximum atomic E-state index is 12.8. The topological polar surface area (TPSA) is 102 Å². The third-order valence-corrected chi connectivity index (χ3v) is 8.63. The molecule has 2 aliphatic rings. The summed E-state index contributed by atoms with van der Waals surface area (Å²) < 4.78 is 37.0. The van der Waals surface area contributed by atoms with Crippen LogP contribution < -0.4 is 5.32 Å². The van der Waals surface area contributed by atoms with Gasteiger partial charge in [-0.25, -0.2) is 13.2 Å². The molecule has 8 nitrogen and oxygen atoms in total. The van der Waals surface area contributed by atoms with Crippen LogP contribution in [0.3, 0.4) is 0 Å². The van der Waals surface area contributed by atoms with Crippen LogP contribution >= 0.6 is 11.3 Å². The number of carbonyl (C=O) groups is 2. The summed E-state index contributed by atoms with van der Waals surface area (Å²) >= 11 is 1.41. The molecule has 10 heteroatoms. The number of amides is 1. The number of fused-ring (bicyclic) bond motifs is 1. The second-order valence-corrected chi connectivity index (χ2v) is 10.4. The van der Waals surface area contributed by atoms with Gasteiger partial charge in [-0.3, -0.25) is 4.79 Å². The number of ether oxygens (including phenoxy) is 2. The molecule has 0 atom stereocenters. The van der Waals surface area contributed by atoms with E-state index in [0.717, 1.165) is 36.1 Å². The van der Waals surface area contributed by atoms with E-state index in [4.69, 9.17) is 9.47 Å². The zero-order valence-electron chi connectivity index (χ0n) is 17.2. The molecule has 1 amide bonds. The minimum atomic E-state index is -3.62. The molecule has 0 saturated carbocycles. The van der Waals surface area contributed by atoms with Crippen molar-refractivity contribution in [3.05, 3.63) is 45.8 Å². The van der Waals surface area contributed by atoms with Crippen molar-refractivity contribution in [2.75, 3.05) is 38.7 Å². The van der Waals surface area contributed by atoms with Crippen LogP contribution in [-0.2, 0) is 32.3 Å². The lowest BCUT2D eigenvalue weighted by atomic mass is 9.95. The highest BCUT2D eigenvalue weighted by molar-refractivity contribution is 7.89. The first-order valence-electron chi connectivity index (χ1n) is 10.1. The van der Waals surface area contributed by atoms with Crippen LogP contribution in [0.5, 0.6) is 0 Å². The van der Waals surface area contributed by atoms with Gasteiger partial charge in [-0.05, 0) is 55.5 Å². The largest absolute Gasteiger partial charge is 0.465 e. The third kappa shape index (κ3) is 4.38. The average Bonchev–Trinajstić information content (AvgIpc) is 3.17. The van der Waals surface area contributed by atoms with Crippen molar-refractivity contribution in [2.24, 2.45) is 0 Å². The molecular weight excluding hydrogens is 440 g/mol. The van der Waals surface area contributed by atoms with Crippen LogP contribution in [0.15, 0.2) is 29.2 Å². The Kier molecular flexibility index (Phi) is 6.42. The smallest absolute Gasteiger partial charge is 0.341 e. The lowest BCUT2D eigenvalue weighted by molar-refractivity contribution is 0.0601. The van der Waals surface area contributed by atoms with Crippen molar-refractivity contribution in [3.63, 3.8) is 0 Å². The van der Waals surface area contributed by atoms with Crippen LogP contribution in [-0.4, -0.2) is 58.0 Å². The number of rotatable bonds is 5. The van der Waals surface area contributed by atoms with E-state index in [0.29, 0.717) is 42.4 Å². The molecule has 1 aliphatic heterocycles. The Morgan fingerprint density at radius 1 is 1.10 bits per heavy atom. The maximum absolute atomic E-state index is 12.8. The van der Waals surface area contributed by atoms with Crippen molar-refractivity contribution >= 4 is 38.2 Å². The van der Waals surface area contributed by atoms with Crippen molar-refractivity contribution in [3.8, 4) is 0 Å². The van der Waals surface area contributed by atoms with E-state index in [-0.39, 0.29) is 4.90 Å². The summed E-state index contributed by atoms with van der Waals surface area (Å²) in [6.07, 6.45) is 3.73. The predicted molar refractivity (Wildman–Crippen MR) is 116 cm³/mol. The molecule has 1 saturated heterocycles. The molecule has 0 spiro atoms. The fraction of sp³-hybridized carbons (Fsp3) is 0.429. The molecule has 1 aromatic heterocycles. The number of thiophene rings is 1. The van der Waals surface area contributed by atoms with Gasteiger partial charge in [0.15, 0.2) is 0 Å². The summed E-state index contributed by atoms with van der Waals surface area (Å²) in [7, 11) is -2.30. The van der Waals surface area contributed by atoms with Crippen molar-refractivity contribution < 1.29 is 27.5 Å². The number of morpholine rings is 1. The zero-order valence-corrected chi connectivity index (χ0v) is 18.8. The number of anilines is 1. The number of carbonyl (C=O) groups excluding carboxylic acids is 2. The molecule has 166 valence electrons. The third-order valence-electron chi connectivity index (χ3n) is 5.51. The molecule has 31 heavy (non-hydrogen) atoms. The van der Waals surface area contributed by atoms with E-state index in [2.05, 4.69) is 5.32 Å². The van der Waals surface area contributed by atoms with Gasteiger partial charge in [0.25, 0.3) is 5.91 Å². The molecule has 2 aromatic rings. The Hall–Kier alpha value is -2.27. The fourth-order valence-corrected chi connectivity index (χ4v) is 6.54. The van der Waals surface area contributed by atoms with Gasteiger partial charge in [-0.15, -0.1) is 11.3 Å². The van der Waals surface area contributed by atoms with E-state index < -0.39 is 21.9 Å². The van der Waals surface area contributed by atoms with Crippen LogP contribution in [0.2, 0.25) is 0 Å². The highest BCUT2D eigenvalue weighted by atomic mass is 32.2. The molecule has 2 heterocycles. The molecular formula is C21H24N2O6S2. The van der Waals surface area contributed by atoms with E-state index >= 15 is 0 Å². The summed E-state index contributed by atoms with van der Waals surface area (Å²) in [6, 6.07) is 5.82. The number of benzene rings is 1. The molecule has 0 bridgehead atoms. The Labute approximate surface area is 185 Å². The monoisotopic (exact) mass is 464 g/mol. The fourth-order valence-electron chi connectivity index (χ4n) is 3.86. The number of aryl methyl sites for hydroxylation is 1. The Morgan fingerprint density at radius 2 is 1.77 bits per heavy atom. The van der Waals surface area contributed by atoms with Crippen molar-refractivity contribution in [1.29, 1.82) is 0 Å². The van der Waals surface area contributed by atoms with Gasteiger partial charge in [0.2, 0.25) is 10.0 Å². The molecule has 1 fully saturated rings. The van der Waals surface area contributed by atoms with Crippen LogP contribution in [0, 0.1) is 0 Å². The first kappa shape index (κ1) is 21.9. The van der Waals surface area contributed by atoms with Gasteiger partial charge in [-0.2, -0.15) is 4.31 Å². The van der Waals surface area contributed by atoms with Gasteiger partial charge >= 0.3 is 5.97 Å². The predicted octanol–water partition coefficient (Wildman–Crippen LogP) is 2.69. The second-order valence-electron chi connectivity index (χ2n) is 7.40. The van der Waals surface area contributed by atoms with E-state index in [1.807, 2.05) is 0 Å². The molecule has 1 aliphatic carbocycles. The highest BCUT2D eigenvalue weighted by Crippen LogP contribution is 2.38. The SMILES string of the molecule is COC(=O)c1c(NC(=O)c2ccc(S(=O)(=O)N3CCOCC3)cc2)sc2c1CCCC2. The normalized spacial score (nSPS) is 17.1. The number of hydrogen-bond donors (Lipinski definition) is 1. The van der Waals surface area contributed by atoms with Gasteiger partial charge in [-0.1, -0.05) is 0 Å². The summed E-state index contributed by atoms with van der Waals surface area (Å²) in [6.45, 7) is 1.36. The van der Waals surface area contributed by atoms with Gasteiger partial charge in [0.1, 0.15) is 5.00 Å². The van der Waals surface area contributed by atoms with E-state index in [1.54, 1.807) is 0 Å². The number of methoxy groups -OCH3 is 1. The van der Waals surface area contributed by atoms with Gasteiger partial charge < -0.3 is 14.8 Å².